The van der Waals surface area contributed by atoms with E-state index in [4.69, 9.17) is 9.73 Å². The first-order valence-electron chi connectivity index (χ1n) is 6.77. The molecule has 1 fully saturated rings. The lowest BCUT2D eigenvalue weighted by molar-refractivity contribution is -0.0615. The summed E-state index contributed by atoms with van der Waals surface area (Å²) in [6.07, 6.45) is 2.09. The molecule has 0 radical (unpaired) electrons. The highest BCUT2D eigenvalue weighted by molar-refractivity contribution is 9.10. The maximum absolute atomic E-state index is 5.78. The number of nitrogens with one attached hydrogen (secondary N) is 1. The molecule has 0 amide bonds. The van der Waals surface area contributed by atoms with E-state index < -0.39 is 0 Å². The van der Waals surface area contributed by atoms with E-state index in [-0.39, 0.29) is 5.60 Å². The van der Waals surface area contributed by atoms with Gasteiger partial charge in [0.25, 0.3) is 0 Å². The average Bonchev–Trinajstić information content (AvgIpc) is 2.37. The van der Waals surface area contributed by atoms with Crippen molar-refractivity contribution < 1.29 is 4.74 Å². The van der Waals surface area contributed by atoms with Crippen LogP contribution in [0.15, 0.2) is 27.7 Å². The van der Waals surface area contributed by atoms with Crippen LogP contribution in [0.2, 0.25) is 0 Å². The lowest BCUT2D eigenvalue weighted by atomic mass is 9.87. The summed E-state index contributed by atoms with van der Waals surface area (Å²) in [5, 5.41) is 3.51. The van der Waals surface area contributed by atoms with Gasteiger partial charge in [-0.2, -0.15) is 0 Å². The first-order chi connectivity index (χ1) is 9.03. The van der Waals surface area contributed by atoms with Gasteiger partial charge in [0, 0.05) is 22.7 Å². The van der Waals surface area contributed by atoms with Crippen molar-refractivity contribution in [1.29, 1.82) is 0 Å². The van der Waals surface area contributed by atoms with Crippen molar-refractivity contribution in [1.82, 2.24) is 0 Å². The molecule has 102 valence electrons. The molecule has 4 heteroatoms. The third kappa shape index (κ3) is 2.84. The number of hydrogen-bond donors (Lipinski definition) is 1. The van der Waals surface area contributed by atoms with Crippen LogP contribution in [-0.2, 0) is 11.3 Å². The van der Waals surface area contributed by atoms with E-state index in [0.29, 0.717) is 5.92 Å². The van der Waals surface area contributed by atoms with E-state index in [0.717, 1.165) is 36.3 Å². The Hall–Kier alpha value is -0.870. The maximum atomic E-state index is 5.78. The summed E-state index contributed by atoms with van der Waals surface area (Å²) < 4.78 is 6.89. The Bertz CT molecular complexity index is 525. The highest BCUT2D eigenvalue weighted by Gasteiger charge is 2.32. The van der Waals surface area contributed by atoms with Crippen molar-refractivity contribution in [2.24, 2.45) is 10.9 Å². The van der Waals surface area contributed by atoms with Crippen molar-refractivity contribution in [3.63, 3.8) is 0 Å². The number of rotatable bonds is 1. The molecule has 2 aliphatic heterocycles. The zero-order valence-electron chi connectivity index (χ0n) is 11.4. The summed E-state index contributed by atoms with van der Waals surface area (Å²) in [6, 6.07) is 6.33. The minimum absolute atomic E-state index is 0.0346. The zero-order valence-corrected chi connectivity index (χ0v) is 13.0. The molecule has 3 nitrogen and oxygen atoms in total. The van der Waals surface area contributed by atoms with E-state index in [9.17, 15) is 0 Å². The van der Waals surface area contributed by atoms with Gasteiger partial charge < -0.3 is 10.1 Å². The number of fused-ring (bicyclic) bond motifs is 1. The molecule has 2 heterocycles. The fraction of sp³-hybridized carbons (Fsp3) is 0.533. The largest absolute Gasteiger partial charge is 0.376 e. The van der Waals surface area contributed by atoms with Crippen LogP contribution in [0.25, 0.3) is 0 Å². The van der Waals surface area contributed by atoms with Gasteiger partial charge in [-0.05, 0) is 50.5 Å². The minimum atomic E-state index is -0.0346. The lowest BCUT2D eigenvalue weighted by Crippen LogP contribution is -2.39. The number of halogens is 1. The molecule has 0 aromatic heterocycles. The number of hydrogen-bond acceptors (Lipinski definition) is 3. The topological polar surface area (TPSA) is 33.6 Å². The van der Waals surface area contributed by atoms with Gasteiger partial charge in [-0.25, -0.2) is 0 Å². The first-order valence-corrected chi connectivity index (χ1v) is 7.56. The summed E-state index contributed by atoms with van der Waals surface area (Å²) in [7, 11) is 0. The number of aliphatic imine (C=N–C) groups is 1. The molecule has 0 saturated carbocycles. The zero-order chi connectivity index (χ0) is 13.5. The van der Waals surface area contributed by atoms with Crippen LogP contribution in [0.3, 0.4) is 0 Å². The molecule has 1 aromatic carbocycles. The minimum Gasteiger partial charge on any atom is -0.376 e. The Labute approximate surface area is 122 Å². The summed E-state index contributed by atoms with van der Waals surface area (Å²) in [4.78, 5) is 4.73. The normalized spacial score (nSPS) is 25.2. The van der Waals surface area contributed by atoms with Gasteiger partial charge in [0.2, 0.25) is 0 Å². The van der Waals surface area contributed by atoms with Crippen LogP contribution in [0, 0.1) is 5.92 Å². The van der Waals surface area contributed by atoms with Gasteiger partial charge in [-0.15, -0.1) is 0 Å². The second-order valence-corrected chi connectivity index (χ2v) is 6.84. The third-order valence-electron chi connectivity index (χ3n) is 3.83. The fourth-order valence-electron chi connectivity index (χ4n) is 2.86. The van der Waals surface area contributed by atoms with Gasteiger partial charge in [0.1, 0.15) is 5.84 Å². The number of nitrogens with zero attached hydrogens (tertiary/aromatic N) is 1. The van der Waals surface area contributed by atoms with Crippen LogP contribution in [0.1, 0.15) is 32.3 Å². The van der Waals surface area contributed by atoms with E-state index >= 15 is 0 Å². The van der Waals surface area contributed by atoms with E-state index in [2.05, 4.69) is 53.3 Å². The summed E-state index contributed by atoms with van der Waals surface area (Å²) in [5.74, 6) is 1.62. The van der Waals surface area contributed by atoms with Crippen molar-refractivity contribution >= 4 is 27.5 Å². The van der Waals surface area contributed by atoms with Gasteiger partial charge >= 0.3 is 0 Å². The SMILES string of the molecule is CC1(C)CC(C2=NCc3cc(Br)ccc3N2)CCO1. The lowest BCUT2D eigenvalue weighted by Gasteiger charge is -2.37. The molecule has 0 aliphatic carbocycles. The molecule has 2 aliphatic rings. The molecule has 0 bridgehead atoms. The Kier molecular flexibility index (Phi) is 3.39. The Morgan fingerprint density at radius 1 is 1.42 bits per heavy atom. The van der Waals surface area contributed by atoms with Gasteiger partial charge in [0.15, 0.2) is 0 Å². The van der Waals surface area contributed by atoms with Crippen molar-refractivity contribution in [2.45, 2.75) is 38.8 Å². The van der Waals surface area contributed by atoms with Crippen LogP contribution >= 0.6 is 15.9 Å². The predicted molar refractivity (Wildman–Crippen MR) is 81.7 cm³/mol. The fourth-order valence-corrected chi connectivity index (χ4v) is 3.27. The molecule has 19 heavy (non-hydrogen) atoms. The van der Waals surface area contributed by atoms with E-state index in [1.165, 1.54) is 11.3 Å². The molecule has 1 N–H and O–H groups in total. The van der Waals surface area contributed by atoms with Crippen LogP contribution in [0.5, 0.6) is 0 Å². The molecule has 1 atom stereocenters. The predicted octanol–water partition coefficient (Wildman–Crippen LogP) is 3.98. The summed E-state index contributed by atoms with van der Waals surface area (Å²) in [5.41, 5.74) is 2.41. The highest BCUT2D eigenvalue weighted by atomic mass is 79.9. The van der Waals surface area contributed by atoms with Gasteiger partial charge in [0.05, 0.1) is 12.1 Å². The number of benzene rings is 1. The van der Waals surface area contributed by atoms with E-state index in [1.54, 1.807) is 0 Å². The molecule has 1 saturated heterocycles. The smallest absolute Gasteiger partial charge is 0.104 e. The first kappa shape index (κ1) is 13.1. The summed E-state index contributed by atoms with van der Waals surface area (Å²) >= 11 is 3.50. The third-order valence-corrected chi connectivity index (χ3v) is 4.33. The van der Waals surface area contributed by atoms with Crippen LogP contribution in [0.4, 0.5) is 5.69 Å². The number of amidine groups is 1. The molecule has 3 rings (SSSR count). The average molecular weight is 323 g/mol. The molecular formula is C15H19BrN2O. The quantitative estimate of drug-likeness (QED) is 0.848. The van der Waals surface area contributed by atoms with Gasteiger partial charge in [-0.3, -0.25) is 4.99 Å². The Morgan fingerprint density at radius 3 is 3.05 bits per heavy atom. The monoisotopic (exact) mass is 322 g/mol. The van der Waals surface area contributed by atoms with E-state index in [1.807, 2.05) is 0 Å². The second-order valence-electron chi connectivity index (χ2n) is 5.93. The second kappa shape index (κ2) is 4.91. The maximum Gasteiger partial charge on any atom is 0.104 e. The molecule has 0 spiro atoms. The van der Waals surface area contributed by atoms with Crippen molar-refractivity contribution in [2.75, 3.05) is 11.9 Å². The Balaban J connectivity index is 1.78. The van der Waals surface area contributed by atoms with Crippen molar-refractivity contribution in [3.05, 3.63) is 28.2 Å². The number of ether oxygens (including phenoxy) is 1. The molecular weight excluding hydrogens is 304 g/mol. The standard InChI is InChI=1S/C15H19BrN2O/c1-15(2)8-10(5-6-19-15)14-17-9-11-7-12(16)3-4-13(11)18-14/h3-4,7,10H,5-6,8-9H2,1-2H3,(H,17,18). The Morgan fingerprint density at radius 2 is 2.26 bits per heavy atom. The van der Waals surface area contributed by atoms with Crippen LogP contribution < -0.4 is 5.32 Å². The number of anilines is 1. The van der Waals surface area contributed by atoms with Crippen molar-refractivity contribution in [3.8, 4) is 0 Å². The van der Waals surface area contributed by atoms with Gasteiger partial charge in [-0.1, -0.05) is 15.9 Å². The highest BCUT2D eigenvalue weighted by Crippen LogP contribution is 2.32. The summed E-state index contributed by atoms with van der Waals surface area (Å²) in [6.45, 7) is 5.92. The molecule has 1 aromatic rings. The molecule has 1 unspecified atom stereocenters. The van der Waals surface area contributed by atoms with Crippen LogP contribution in [-0.4, -0.2) is 18.0 Å².